The van der Waals surface area contributed by atoms with Gasteiger partial charge in [-0.05, 0) is 31.4 Å². The summed E-state index contributed by atoms with van der Waals surface area (Å²) in [6.45, 7) is 0.385. The van der Waals surface area contributed by atoms with Gasteiger partial charge in [-0.1, -0.05) is 36.8 Å². The van der Waals surface area contributed by atoms with E-state index in [0.717, 1.165) is 25.0 Å². The van der Waals surface area contributed by atoms with Gasteiger partial charge in [0, 0.05) is 5.56 Å². The predicted octanol–water partition coefficient (Wildman–Crippen LogP) is 3.90. The standard InChI is InChI=1S/C14H21F2NS/c1-18-11-7-3-6-10-17-12-14(15,16)13-8-4-2-5-9-13/h2,4-5,8-9,17H,3,6-7,10-12H2,1H3. The van der Waals surface area contributed by atoms with Gasteiger partial charge in [-0.2, -0.15) is 20.5 Å². The molecule has 0 unspecified atom stereocenters. The molecule has 0 spiro atoms. The summed E-state index contributed by atoms with van der Waals surface area (Å²) in [5.74, 6) is -1.62. The Labute approximate surface area is 112 Å². The Kier molecular flexibility index (Phi) is 7.28. The second kappa shape index (κ2) is 8.48. The molecule has 0 aliphatic heterocycles. The van der Waals surface area contributed by atoms with E-state index in [1.54, 1.807) is 18.2 Å². The number of benzene rings is 1. The fourth-order valence-corrected chi connectivity index (χ4v) is 2.20. The Bertz CT molecular complexity index is 317. The first kappa shape index (κ1) is 15.4. The van der Waals surface area contributed by atoms with Crippen molar-refractivity contribution in [2.24, 2.45) is 0 Å². The van der Waals surface area contributed by atoms with Crippen LogP contribution in [0.1, 0.15) is 24.8 Å². The predicted molar refractivity (Wildman–Crippen MR) is 75.4 cm³/mol. The fourth-order valence-electron chi connectivity index (χ4n) is 1.70. The summed E-state index contributed by atoms with van der Waals surface area (Å²) in [6, 6.07) is 7.98. The molecule has 0 aromatic heterocycles. The lowest BCUT2D eigenvalue weighted by Crippen LogP contribution is -2.31. The second-order valence-electron chi connectivity index (χ2n) is 4.30. The minimum Gasteiger partial charge on any atom is -0.311 e. The number of rotatable bonds is 9. The minimum atomic E-state index is -2.78. The van der Waals surface area contributed by atoms with Crippen LogP contribution in [0.15, 0.2) is 30.3 Å². The summed E-state index contributed by atoms with van der Waals surface area (Å²) in [5, 5.41) is 2.84. The highest BCUT2D eigenvalue weighted by Crippen LogP contribution is 2.26. The topological polar surface area (TPSA) is 12.0 Å². The van der Waals surface area contributed by atoms with Crippen LogP contribution in [0, 0.1) is 0 Å². The molecule has 1 aromatic rings. The molecule has 0 radical (unpaired) electrons. The van der Waals surface area contributed by atoms with E-state index in [9.17, 15) is 8.78 Å². The molecule has 0 aliphatic rings. The largest absolute Gasteiger partial charge is 0.311 e. The number of hydrogen-bond acceptors (Lipinski definition) is 2. The van der Waals surface area contributed by atoms with Gasteiger partial charge >= 0.3 is 0 Å². The number of hydrogen-bond donors (Lipinski definition) is 1. The van der Waals surface area contributed by atoms with E-state index in [1.807, 2.05) is 11.8 Å². The number of unbranched alkanes of at least 4 members (excludes halogenated alkanes) is 2. The molecular formula is C14H21F2NS. The van der Waals surface area contributed by atoms with Crippen LogP contribution in [-0.2, 0) is 5.92 Å². The molecule has 0 heterocycles. The van der Waals surface area contributed by atoms with Crippen molar-refractivity contribution < 1.29 is 8.78 Å². The van der Waals surface area contributed by atoms with Crippen LogP contribution < -0.4 is 5.32 Å². The lowest BCUT2D eigenvalue weighted by Gasteiger charge is -2.17. The molecule has 0 aliphatic carbocycles. The normalized spacial score (nSPS) is 11.7. The van der Waals surface area contributed by atoms with E-state index in [4.69, 9.17) is 0 Å². The van der Waals surface area contributed by atoms with Gasteiger partial charge in [0.25, 0.3) is 5.92 Å². The number of alkyl halides is 2. The lowest BCUT2D eigenvalue weighted by atomic mass is 10.1. The highest BCUT2D eigenvalue weighted by molar-refractivity contribution is 7.98. The van der Waals surface area contributed by atoms with Gasteiger partial charge in [0.2, 0.25) is 0 Å². The molecule has 0 saturated heterocycles. The average molecular weight is 273 g/mol. The summed E-state index contributed by atoms with van der Waals surface area (Å²) in [6.07, 6.45) is 5.31. The fraction of sp³-hybridized carbons (Fsp3) is 0.571. The van der Waals surface area contributed by atoms with Crippen LogP contribution in [0.2, 0.25) is 0 Å². The summed E-state index contributed by atoms with van der Waals surface area (Å²) in [4.78, 5) is 0. The van der Waals surface area contributed by atoms with Crippen LogP contribution in [0.5, 0.6) is 0 Å². The zero-order valence-electron chi connectivity index (χ0n) is 10.8. The third-order valence-electron chi connectivity index (χ3n) is 2.75. The third-order valence-corrected chi connectivity index (χ3v) is 3.44. The Morgan fingerprint density at radius 1 is 1.11 bits per heavy atom. The monoisotopic (exact) mass is 273 g/mol. The van der Waals surface area contributed by atoms with Gasteiger partial charge in [0.05, 0.1) is 6.54 Å². The highest BCUT2D eigenvalue weighted by atomic mass is 32.2. The van der Waals surface area contributed by atoms with Crippen molar-refractivity contribution >= 4 is 11.8 Å². The summed E-state index contributed by atoms with van der Waals surface area (Å²) >= 11 is 1.83. The van der Waals surface area contributed by atoms with Crippen LogP contribution in [-0.4, -0.2) is 25.1 Å². The molecule has 18 heavy (non-hydrogen) atoms. The summed E-state index contributed by atoms with van der Waals surface area (Å²) < 4.78 is 27.4. The lowest BCUT2D eigenvalue weighted by molar-refractivity contribution is -0.00300. The SMILES string of the molecule is CSCCCCCNCC(F)(F)c1ccccc1. The molecule has 4 heteroatoms. The van der Waals surface area contributed by atoms with Crippen LogP contribution in [0.3, 0.4) is 0 Å². The smallest absolute Gasteiger partial charge is 0.285 e. The van der Waals surface area contributed by atoms with Crippen molar-refractivity contribution in [2.75, 3.05) is 25.1 Å². The van der Waals surface area contributed by atoms with Crippen molar-refractivity contribution in [1.29, 1.82) is 0 Å². The van der Waals surface area contributed by atoms with Crippen molar-refractivity contribution in [2.45, 2.75) is 25.2 Å². The number of nitrogens with one attached hydrogen (secondary N) is 1. The van der Waals surface area contributed by atoms with Gasteiger partial charge in [0.15, 0.2) is 0 Å². The molecule has 102 valence electrons. The zero-order chi connectivity index (χ0) is 13.3. The first-order chi connectivity index (χ1) is 8.67. The van der Waals surface area contributed by atoms with E-state index in [0.29, 0.717) is 6.54 Å². The first-order valence-corrected chi connectivity index (χ1v) is 7.69. The van der Waals surface area contributed by atoms with Gasteiger partial charge in [-0.3, -0.25) is 0 Å². The molecule has 0 amide bonds. The highest BCUT2D eigenvalue weighted by Gasteiger charge is 2.30. The van der Waals surface area contributed by atoms with Crippen LogP contribution in [0.4, 0.5) is 8.78 Å². The molecule has 0 saturated carbocycles. The molecule has 0 fully saturated rings. The molecular weight excluding hydrogens is 252 g/mol. The average Bonchev–Trinajstić information content (AvgIpc) is 2.39. The zero-order valence-corrected chi connectivity index (χ0v) is 11.6. The Morgan fingerprint density at radius 3 is 2.50 bits per heavy atom. The maximum absolute atomic E-state index is 13.7. The maximum atomic E-state index is 13.7. The van der Waals surface area contributed by atoms with E-state index >= 15 is 0 Å². The summed E-state index contributed by atoms with van der Waals surface area (Å²) in [7, 11) is 0. The van der Waals surface area contributed by atoms with E-state index in [-0.39, 0.29) is 12.1 Å². The van der Waals surface area contributed by atoms with Crippen molar-refractivity contribution in [3.05, 3.63) is 35.9 Å². The third kappa shape index (κ3) is 5.83. The van der Waals surface area contributed by atoms with Gasteiger partial charge in [-0.25, -0.2) is 0 Å². The van der Waals surface area contributed by atoms with E-state index in [2.05, 4.69) is 11.6 Å². The van der Waals surface area contributed by atoms with Crippen LogP contribution in [0.25, 0.3) is 0 Å². The second-order valence-corrected chi connectivity index (χ2v) is 5.29. The van der Waals surface area contributed by atoms with Crippen LogP contribution >= 0.6 is 11.8 Å². The minimum absolute atomic E-state index is 0.0832. The van der Waals surface area contributed by atoms with Gasteiger partial charge < -0.3 is 5.32 Å². The Hall–Kier alpha value is -0.610. The van der Waals surface area contributed by atoms with Crippen molar-refractivity contribution in [1.82, 2.24) is 5.32 Å². The molecule has 0 bridgehead atoms. The van der Waals surface area contributed by atoms with Crippen molar-refractivity contribution in [3.8, 4) is 0 Å². The molecule has 1 N–H and O–H groups in total. The molecule has 0 atom stereocenters. The van der Waals surface area contributed by atoms with Crippen molar-refractivity contribution in [3.63, 3.8) is 0 Å². The Morgan fingerprint density at radius 2 is 1.83 bits per heavy atom. The summed E-state index contributed by atoms with van der Waals surface area (Å²) in [5.41, 5.74) is 0.0832. The maximum Gasteiger partial charge on any atom is 0.285 e. The quantitative estimate of drug-likeness (QED) is 0.685. The first-order valence-electron chi connectivity index (χ1n) is 6.30. The van der Waals surface area contributed by atoms with E-state index in [1.165, 1.54) is 12.1 Å². The Balaban J connectivity index is 2.18. The molecule has 1 rings (SSSR count). The molecule has 1 nitrogen and oxygen atoms in total. The van der Waals surface area contributed by atoms with E-state index < -0.39 is 5.92 Å². The molecule has 1 aromatic carbocycles. The van der Waals surface area contributed by atoms with Gasteiger partial charge in [0.1, 0.15) is 0 Å². The number of thioether (sulfide) groups is 1. The number of halogens is 2. The van der Waals surface area contributed by atoms with Gasteiger partial charge in [-0.15, -0.1) is 0 Å².